The van der Waals surface area contributed by atoms with Gasteiger partial charge in [0, 0.05) is 23.3 Å². The number of rotatable bonds is 5. The first-order valence-corrected chi connectivity index (χ1v) is 9.48. The Labute approximate surface area is 134 Å². The summed E-state index contributed by atoms with van der Waals surface area (Å²) in [6.45, 7) is 8.97. The minimum atomic E-state index is 0.150. The first-order valence-electron chi connectivity index (χ1n) is 8.60. The maximum atomic E-state index is 6.48. The van der Waals surface area contributed by atoms with Gasteiger partial charge < -0.3 is 5.73 Å². The highest BCUT2D eigenvalue weighted by Gasteiger charge is 2.26. The van der Waals surface area contributed by atoms with Gasteiger partial charge in [0.05, 0.1) is 10.7 Å². The fourth-order valence-corrected chi connectivity index (χ4v) is 4.52. The Balaban J connectivity index is 1.85. The molecule has 1 heterocycles. The van der Waals surface area contributed by atoms with Gasteiger partial charge in [-0.1, -0.05) is 53.4 Å². The van der Waals surface area contributed by atoms with Crippen LogP contribution in [0.2, 0.25) is 0 Å². The molecule has 1 aliphatic rings. The van der Waals surface area contributed by atoms with Crippen LogP contribution < -0.4 is 5.73 Å². The van der Waals surface area contributed by atoms with Crippen LogP contribution in [0.1, 0.15) is 76.9 Å². The van der Waals surface area contributed by atoms with Crippen molar-refractivity contribution in [1.29, 1.82) is 0 Å². The maximum Gasteiger partial charge on any atom is 0.0944 e. The summed E-state index contributed by atoms with van der Waals surface area (Å²) < 4.78 is 0. The molecule has 0 aromatic carbocycles. The first kappa shape index (κ1) is 17.0. The standard InChI is InChI=1S/C18H32N2S/c1-5-6-13-7-9-14(10-8-13)15(19)11-17-20-16(12-21-17)18(2,3)4/h12-15H,5-11,19H2,1-4H3. The number of thiazole rings is 1. The zero-order valence-corrected chi connectivity index (χ0v) is 15.0. The molecule has 0 bridgehead atoms. The van der Waals surface area contributed by atoms with E-state index in [1.54, 1.807) is 11.3 Å². The Morgan fingerprint density at radius 1 is 1.29 bits per heavy atom. The summed E-state index contributed by atoms with van der Waals surface area (Å²) in [6, 6.07) is 0.298. The van der Waals surface area contributed by atoms with Crippen molar-refractivity contribution in [2.45, 2.75) is 84.1 Å². The molecule has 1 unspecified atom stereocenters. The molecule has 1 atom stereocenters. The van der Waals surface area contributed by atoms with Crippen LogP contribution in [0.3, 0.4) is 0 Å². The van der Waals surface area contributed by atoms with Crippen LogP contribution in [0, 0.1) is 11.8 Å². The predicted octanol–water partition coefficient (Wildman–Crippen LogP) is 4.92. The fourth-order valence-electron chi connectivity index (χ4n) is 3.43. The third kappa shape index (κ3) is 4.79. The molecule has 1 saturated carbocycles. The summed E-state index contributed by atoms with van der Waals surface area (Å²) in [5.41, 5.74) is 7.84. The molecule has 1 aliphatic carbocycles. The van der Waals surface area contributed by atoms with Gasteiger partial charge in [-0.05, 0) is 24.7 Å². The van der Waals surface area contributed by atoms with E-state index in [1.807, 2.05) is 0 Å². The van der Waals surface area contributed by atoms with Crippen LogP contribution in [-0.2, 0) is 11.8 Å². The molecule has 0 amide bonds. The van der Waals surface area contributed by atoms with Crippen LogP contribution in [0.25, 0.3) is 0 Å². The Morgan fingerprint density at radius 2 is 1.95 bits per heavy atom. The number of hydrogen-bond acceptors (Lipinski definition) is 3. The van der Waals surface area contributed by atoms with E-state index in [0.29, 0.717) is 12.0 Å². The Kier molecular flexibility index (Phi) is 5.84. The van der Waals surface area contributed by atoms with E-state index < -0.39 is 0 Å². The predicted molar refractivity (Wildman–Crippen MR) is 92.8 cm³/mol. The SMILES string of the molecule is CCCC1CCC(C(N)Cc2nc(C(C)(C)C)cs2)CC1. The maximum absolute atomic E-state index is 6.48. The molecule has 120 valence electrons. The van der Waals surface area contributed by atoms with Gasteiger partial charge >= 0.3 is 0 Å². The molecule has 21 heavy (non-hydrogen) atoms. The third-order valence-electron chi connectivity index (χ3n) is 4.92. The average Bonchev–Trinajstić information content (AvgIpc) is 2.88. The molecule has 0 spiro atoms. The lowest BCUT2D eigenvalue weighted by atomic mass is 9.76. The van der Waals surface area contributed by atoms with Gasteiger partial charge in [-0.2, -0.15) is 0 Å². The number of nitrogens with zero attached hydrogens (tertiary/aromatic N) is 1. The summed E-state index contributed by atoms with van der Waals surface area (Å²) in [5.74, 6) is 1.67. The summed E-state index contributed by atoms with van der Waals surface area (Å²) >= 11 is 1.79. The summed E-state index contributed by atoms with van der Waals surface area (Å²) in [6.07, 6.45) is 9.12. The second-order valence-electron chi connectivity index (χ2n) is 7.81. The van der Waals surface area contributed by atoms with E-state index in [-0.39, 0.29) is 5.41 Å². The molecule has 1 aromatic rings. The van der Waals surface area contributed by atoms with E-state index in [9.17, 15) is 0 Å². The van der Waals surface area contributed by atoms with Crippen LogP contribution in [0.15, 0.2) is 5.38 Å². The average molecular weight is 309 g/mol. The quantitative estimate of drug-likeness (QED) is 0.838. The lowest BCUT2D eigenvalue weighted by Crippen LogP contribution is -2.35. The second kappa shape index (κ2) is 7.23. The Bertz CT molecular complexity index is 425. The number of hydrogen-bond donors (Lipinski definition) is 1. The van der Waals surface area contributed by atoms with Gasteiger partial charge in [0.25, 0.3) is 0 Å². The summed E-state index contributed by atoms with van der Waals surface area (Å²) in [7, 11) is 0. The molecular weight excluding hydrogens is 276 g/mol. The monoisotopic (exact) mass is 308 g/mol. The van der Waals surface area contributed by atoms with Crippen molar-refractivity contribution < 1.29 is 0 Å². The zero-order valence-electron chi connectivity index (χ0n) is 14.2. The fraction of sp³-hybridized carbons (Fsp3) is 0.833. The van der Waals surface area contributed by atoms with Gasteiger partial charge in [-0.25, -0.2) is 4.98 Å². The lowest BCUT2D eigenvalue weighted by Gasteiger charge is -2.31. The largest absolute Gasteiger partial charge is 0.327 e. The zero-order chi connectivity index (χ0) is 15.5. The van der Waals surface area contributed by atoms with Crippen LogP contribution in [0.4, 0.5) is 0 Å². The highest BCUT2D eigenvalue weighted by atomic mass is 32.1. The number of aromatic nitrogens is 1. The van der Waals surface area contributed by atoms with Gasteiger partial charge in [-0.3, -0.25) is 0 Å². The van der Waals surface area contributed by atoms with Gasteiger partial charge in [0.2, 0.25) is 0 Å². The Morgan fingerprint density at radius 3 is 2.48 bits per heavy atom. The molecule has 3 heteroatoms. The molecule has 0 aliphatic heterocycles. The van der Waals surface area contributed by atoms with E-state index >= 15 is 0 Å². The topological polar surface area (TPSA) is 38.9 Å². The lowest BCUT2D eigenvalue weighted by molar-refractivity contribution is 0.232. The minimum Gasteiger partial charge on any atom is -0.327 e. The van der Waals surface area contributed by atoms with Crippen molar-refractivity contribution in [3.63, 3.8) is 0 Å². The number of nitrogens with two attached hydrogens (primary N) is 1. The van der Waals surface area contributed by atoms with Crippen molar-refractivity contribution in [2.75, 3.05) is 0 Å². The van der Waals surface area contributed by atoms with Crippen LogP contribution in [0.5, 0.6) is 0 Å². The molecule has 2 nitrogen and oxygen atoms in total. The normalized spacial score (nSPS) is 25.0. The van der Waals surface area contributed by atoms with Gasteiger partial charge in [0.1, 0.15) is 0 Å². The van der Waals surface area contributed by atoms with Gasteiger partial charge in [-0.15, -0.1) is 11.3 Å². The molecule has 0 saturated heterocycles. The molecule has 0 radical (unpaired) electrons. The minimum absolute atomic E-state index is 0.150. The van der Waals surface area contributed by atoms with E-state index in [2.05, 4.69) is 33.1 Å². The van der Waals surface area contributed by atoms with E-state index in [0.717, 1.165) is 12.3 Å². The third-order valence-corrected chi connectivity index (χ3v) is 5.80. The van der Waals surface area contributed by atoms with Crippen molar-refractivity contribution in [2.24, 2.45) is 17.6 Å². The van der Waals surface area contributed by atoms with Gasteiger partial charge in [0.15, 0.2) is 0 Å². The molecule has 1 aromatic heterocycles. The highest BCUT2D eigenvalue weighted by Crippen LogP contribution is 2.34. The smallest absolute Gasteiger partial charge is 0.0944 e. The molecule has 1 fully saturated rings. The summed E-state index contributed by atoms with van der Waals surface area (Å²) in [5, 5.41) is 3.43. The second-order valence-corrected chi connectivity index (χ2v) is 8.76. The van der Waals surface area contributed by atoms with Crippen molar-refractivity contribution in [3.05, 3.63) is 16.1 Å². The van der Waals surface area contributed by atoms with Crippen LogP contribution >= 0.6 is 11.3 Å². The highest BCUT2D eigenvalue weighted by molar-refractivity contribution is 7.09. The van der Waals surface area contributed by atoms with Crippen LogP contribution in [-0.4, -0.2) is 11.0 Å². The summed E-state index contributed by atoms with van der Waals surface area (Å²) in [4.78, 5) is 4.80. The molecule has 2 N–H and O–H groups in total. The van der Waals surface area contributed by atoms with Crippen molar-refractivity contribution in [1.82, 2.24) is 4.98 Å². The van der Waals surface area contributed by atoms with Crippen molar-refractivity contribution >= 4 is 11.3 Å². The molecule has 2 rings (SSSR count). The van der Waals surface area contributed by atoms with E-state index in [1.165, 1.54) is 49.2 Å². The first-order chi connectivity index (χ1) is 9.90. The Hall–Kier alpha value is -0.410. The molecular formula is C18H32N2S. The van der Waals surface area contributed by atoms with Crippen molar-refractivity contribution in [3.8, 4) is 0 Å². The van der Waals surface area contributed by atoms with E-state index in [4.69, 9.17) is 10.7 Å².